The molecule has 6 heteroatoms. The molecule has 0 fully saturated rings. The number of hydrogen-bond donors (Lipinski definition) is 1. The van der Waals surface area contributed by atoms with Crippen LogP contribution in [-0.2, 0) is 19.4 Å². The zero-order chi connectivity index (χ0) is 20.2. The van der Waals surface area contributed by atoms with E-state index in [0.29, 0.717) is 23.5 Å². The van der Waals surface area contributed by atoms with Gasteiger partial charge in [-0.25, -0.2) is 0 Å². The summed E-state index contributed by atoms with van der Waals surface area (Å²) in [5, 5.41) is 12.0. The Kier molecular flexibility index (Phi) is 3.89. The van der Waals surface area contributed by atoms with Crippen LogP contribution in [0.2, 0.25) is 0 Å². The lowest BCUT2D eigenvalue weighted by Gasteiger charge is -2.25. The normalized spacial score (nSPS) is 16.7. The van der Waals surface area contributed by atoms with E-state index < -0.39 is 0 Å². The van der Waals surface area contributed by atoms with Crippen LogP contribution >= 0.6 is 11.3 Å². The van der Waals surface area contributed by atoms with Gasteiger partial charge in [0.1, 0.15) is 16.4 Å². The van der Waals surface area contributed by atoms with Gasteiger partial charge in [-0.3, -0.25) is 9.78 Å². The van der Waals surface area contributed by atoms with Crippen molar-refractivity contribution in [2.24, 2.45) is 0 Å². The van der Waals surface area contributed by atoms with Crippen molar-refractivity contribution in [1.29, 1.82) is 0 Å². The summed E-state index contributed by atoms with van der Waals surface area (Å²) >= 11 is 1.72. The summed E-state index contributed by atoms with van der Waals surface area (Å²) in [7, 11) is 0. The highest BCUT2D eigenvalue weighted by atomic mass is 32.1. The third-order valence-electron chi connectivity index (χ3n) is 6.10. The van der Waals surface area contributed by atoms with Gasteiger partial charge in [0.15, 0.2) is 0 Å². The first-order valence-corrected chi connectivity index (χ1v) is 11.0. The molecule has 4 aromatic rings. The second kappa shape index (κ2) is 6.64. The standard InChI is InChI=1S/C24H19N3O2S/c28-21(14-9-11-25-12-10-14)19-16-6-2-1-5-15(16)13-27-22(19)26-23(29)20-17-7-3-4-8-18(17)30-24(20)27/h1-2,5-6,9-12,28H,3-4,7-8,13H2/b21-19+. The zero-order valence-electron chi connectivity index (χ0n) is 16.3. The molecule has 30 heavy (non-hydrogen) atoms. The van der Waals surface area contributed by atoms with Crippen molar-refractivity contribution in [1.82, 2.24) is 14.5 Å². The Balaban J connectivity index is 1.71. The van der Waals surface area contributed by atoms with Crippen LogP contribution in [0, 0.1) is 0 Å². The van der Waals surface area contributed by atoms with Gasteiger partial charge in [0.25, 0.3) is 5.56 Å². The molecule has 1 aliphatic carbocycles. The molecule has 0 unspecified atom stereocenters. The number of aliphatic hydroxyl groups excluding tert-OH is 1. The number of thiophene rings is 1. The van der Waals surface area contributed by atoms with Gasteiger partial charge in [-0.05, 0) is 54.5 Å². The van der Waals surface area contributed by atoms with Crippen LogP contribution in [0.4, 0.5) is 0 Å². The molecule has 4 heterocycles. The smallest absolute Gasteiger partial charge is 0.282 e. The third-order valence-corrected chi connectivity index (χ3v) is 7.42. The van der Waals surface area contributed by atoms with Gasteiger partial charge < -0.3 is 9.67 Å². The number of aliphatic hydroxyl groups is 1. The van der Waals surface area contributed by atoms with E-state index in [1.54, 1.807) is 35.9 Å². The van der Waals surface area contributed by atoms with E-state index in [1.165, 1.54) is 16.9 Å². The van der Waals surface area contributed by atoms with Crippen LogP contribution in [0.3, 0.4) is 0 Å². The van der Waals surface area contributed by atoms with Crippen molar-refractivity contribution in [2.75, 3.05) is 0 Å². The molecule has 6 rings (SSSR count). The van der Waals surface area contributed by atoms with Crippen molar-refractivity contribution in [3.63, 3.8) is 0 Å². The maximum atomic E-state index is 13.2. The molecule has 148 valence electrons. The quantitative estimate of drug-likeness (QED) is 0.409. The molecule has 1 N–H and O–H groups in total. The summed E-state index contributed by atoms with van der Waals surface area (Å²) in [6.07, 6.45) is 7.58. The average molecular weight is 414 g/mol. The first kappa shape index (κ1) is 17.6. The van der Waals surface area contributed by atoms with Crippen molar-refractivity contribution in [3.05, 3.63) is 92.1 Å². The first-order chi connectivity index (χ1) is 14.7. The van der Waals surface area contributed by atoms with Crippen LogP contribution in [0.25, 0.3) is 21.5 Å². The Morgan fingerprint density at radius 2 is 1.87 bits per heavy atom. The SMILES string of the molecule is O=c1nc2n(c3sc4c(c13)CCCC4)Cc1ccccc1/C2=C(\O)c1ccncc1. The predicted octanol–water partition coefficient (Wildman–Crippen LogP) is 4.57. The minimum absolute atomic E-state index is 0.117. The second-order valence-electron chi connectivity index (χ2n) is 7.83. The van der Waals surface area contributed by atoms with Crippen LogP contribution in [0.15, 0.2) is 53.6 Å². The van der Waals surface area contributed by atoms with Crippen molar-refractivity contribution >= 4 is 32.9 Å². The molecule has 0 spiro atoms. The Morgan fingerprint density at radius 3 is 2.73 bits per heavy atom. The number of nitrogens with zero attached hydrogens (tertiary/aromatic N) is 3. The van der Waals surface area contributed by atoms with Gasteiger partial charge in [-0.2, -0.15) is 4.98 Å². The monoisotopic (exact) mass is 413 g/mol. The number of pyridine rings is 1. The molecular weight excluding hydrogens is 394 g/mol. The van der Waals surface area contributed by atoms with Crippen LogP contribution in [0.5, 0.6) is 0 Å². The Labute approximate surface area is 177 Å². The van der Waals surface area contributed by atoms with Gasteiger partial charge in [0.2, 0.25) is 0 Å². The number of hydrogen-bond acceptors (Lipinski definition) is 5. The van der Waals surface area contributed by atoms with E-state index in [1.807, 2.05) is 18.2 Å². The van der Waals surface area contributed by atoms with Crippen molar-refractivity contribution < 1.29 is 5.11 Å². The molecule has 5 nitrogen and oxygen atoms in total. The zero-order valence-corrected chi connectivity index (χ0v) is 17.1. The van der Waals surface area contributed by atoms with Gasteiger partial charge in [0, 0.05) is 22.8 Å². The molecule has 1 aliphatic heterocycles. The second-order valence-corrected chi connectivity index (χ2v) is 8.92. The van der Waals surface area contributed by atoms with Gasteiger partial charge >= 0.3 is 0 Å². The van der Waals surface area contributed by atoms with Crippen molar-refractivity contribution in [3.8, 4) is 0 Å². The summed E-state index contributed by atoms with van der Waals surface area (Å²) in [6.45, 7) is 0.641. The van der Waals surface area contributed by atoms with E-state index in [0.717, 1.165) is 40.6 Å². The fourth-order valence-electron chi connectivity index (χ4n) is 4.69. The average Bonchev–Trinajstić information content (AvgIpc) is 3.19. The molecule has 2 aliphatic rings. The number of aromatic nitrogens is 3. The largest absolute Gasteiger partial charge is 0.507 e. The van der Waals surface area contributed by atoms with Crippen molar-refractivity contribution in [2.45, 2.75) is 32.2 Å². The fraction of sp³-hybridized carbons (Fsp3) is 0.208. The van der Waals surface area contributed by atoms with E-state index in [-0.39, 0.29) is 11.3 Å². The summed E-state index contributed by atoms with van der Waals surface area (Å²) < 4.78 is 2.12. The van der Waals surface area contributed by atoms with Gasteiger partial charge in [-0.1, -0.05) is 24.3 Å². The Morgan fingerprint density at radius 1 is 1.07 bits per heavy atom. The Hall–Kier alpha value is -3.25. The highest BCUT2D eigenvalue weighted by Gasteiger charge is 2.29. The molecule has 0 saturated carbocycles. The summed E-state index contributed by atoms with van der Waals surface area (Å²) in [5.74, 6) is 0.657. The highest BCUT2D eigenvalue weighted by Crippen LogP contribution is 2.40. The maximum Gasteiger partial charge on any atom is 0.282 e. The van der Waals surface area contributed by atoms with Gasteiger partial charge in [0.05, 0.1) is 17.5 Å². The molecule has 3 aromatic heterocycles. The lowest BCUT2D eigenvalue weighted by molar-refractivity contribution is 0.512. The molecule has 0 radical (unpaired) electrons. The number of aryl methyl sites for hydroxylation is 2. The molecule has 0 atom stereocenters. The highest BCUT2D eigenvalue weighted by molar-refractivity contribution is 7.18. The third kappa shape index (κ3) is 2.50. The van der Waals surface area contributed by atoms with Gasteiger partial charge in [-0.15, -0.1) is 11.3 Å². The molecule has 0 bridgehead atoms. The topological polar surface area (TPSA) is 68.0 Å². The predicted molar refractivity (Wildman–Crippen MR) is 119 cm³/mol. The summed E-state index contributed by atoms with van der Waals surface area (Å²) in [5.41, 5.74) is 4.29. The van der Waals surface area contributed by atoms with E-state index in [4.69, 9.17) is 0 Å². The summed E-state index contributed by atoms with van der Waals surface area (Å²) in [4.78, 5) is 24.0. The number of benzene rings is 1. The van der Waals surface area contributed by atoms with E-state index in [9.17, 15) is 9.90 Å². The Bertz CT molecular complexity index is 1400. The fourth-order valence-corrected chi connectivity index (χ4v) is 6.07. The molecule has 1 aromatic carbocycles. The molecule has 0 saturated heterocycles. The maximum absolute atomic E-state index is 13.2. The van der Waals surface area contributed by atoms with Crippen LogP contribution < -0.4 is 5.56 Å². The van der Waals surface area contributed by atoms with E-state index in [2.05, 4.69) is 20.6 Å². The van der Waals surface area contributed by atoms with Crippen LogP contribution in [0.1, 0.15) is 45.8 Å². The first-order valence-electron chi connectivity index (χ1n) is 10.2. The molecular formula is C24H19N3O2S. The summed E-state index contributed by atoms with van der Waals surface area (Å²) in [6, 6.07) is 11.6. The van der Waals surface area contributed by atoms with E-state index >= 15 is 0 Å². The number of rotatable bonds is 1. The lowest BCUT2D eigenvalue weighted by atomic mass is 9.92. The van der Waals surface area contributed by atoms with Crippen LogP contribution in [-0.4, -0.2) is 19.6 Å². The lowest BCUT2D eigenvalue weighted by Crippen LogP contribution is -2.23. The number of fused-ring (bicyclic) bond motifs is 6. The minimum Gasteiger partial charge on any atom is -0.507 e. The minimum atomic E-state index is -0.185. The molecule has 0 amide bonds.